The Morgan fingerprint density at radius 2 is 2.22 bits per heavy atom. The molecule has 1 fully saturated rings. The number of carbonyl (C=O) groups is 1. The van der Waals surface area contributed by atoms with Crippen LogP contribution in [0.5, 0.6) is 5.75 Å². The lowest BCUT2D eigenvalue weighted by atomic mass is 9.96. The summed E-state index contributed by atoms with van der Waals surface area (Å²) in [5, 5.41) is 4.69. The van der Waals surface area contributed by atoms with E-state index in [1.165, 1.54) is 11.3 Å². The van der Waals surface area contributed by atoms with Gasteiger partial charge in [-0.05, 0) is 44.0 Å². The lowest BCUT2D eigenvalue weighted by Crippen LogP contribution is -2.40. The van der Waals surface area contributed by atoms with Crippen molar-refractivity contribution in [2.24, 2.45) is 5.92 Å². The van der Waals surface area contributed by atoms with Crippen molar-refractivity contribution in [3.05, 3.63) is 41.5 Å². The van der Waals surface area contributed by atoms with Crippen LogP contribution in [0.4, 0.5) is 10.8 Å². The van der Waals surface area contributed by atoms with Gasteiger partial charge in [0, 0.05) is 41.4 Å². The van der Waals surface area contributed by atoms with Crippen molar-refractivity contribution < 1.29 is 9.53 Å². The van der Waals surface area contributed by atoms with E-state index in [9.17, 15) is 4.79 Å². The van der Waals surface area contributed by atoms with E-state index in [1.54, 1.807) is 13.3 Å². The van der Waals surface area contributed by atoms with Crippen molar-refractivity contribution >= 4 is 39.0 Å². The predicted octanol–water partition coefficient (Wildman–Crippen LogP) is 3.86. The second-order valence-electron chi connectivity index (χ2n) is 6.76. The number of aryl methyl sites for hydroxylation is 1. The van der Waals surface area contributed by atoms with Crippen LogP contribution in [0.25, 0.3) is 10.9 Å². The van der Waals surface area contributed by atoms with Crippen molar-refractivity contribution in [2.45, 2.75) is 19.8 Å². The fraction of sp³-hybridized carbons (Fsp3) is 0.350. The molecule has 1 atom stereocenters. The molecular formula is C20H22N4O2S. The largest absolute Gasteiger partial charge is 0.497 e. The highest BCUT2D eigenvalue weighted by molar-refractivity contribution is 7.15. The number of piperidine rings is 1. The average molecular weight is 382 g/mol. The van der Waals surface area contributed by atoms with E-state index in [0.29, 0.717) is 11.7 Å². The van der Waals surface area contributed by atoms with Gasteiger partial charge in [-0.25, -0.2) is 4.98 Å². The second-order valence-corrected chi connectivity index (χ2v) is 8.00. The van der Waals surface area contributed by atoms with Gasteiger partial charge in [-0.15, -0.1) is 11.3 Å². The number of anilines is 2. The van der Waals surface area contributed by atoms with Crippen LogP contribution in [0.3, 0.4) is 0 Å². The number of benzene rings is 1. The Morgan fingerprint density at radius 3 is 3.00 bits per heavy atom. The van der Waals surface area contributed by atoms with Crippen LogP contribution < -0.4 is 15.0 Å². The Bertz CT molecular complexity index is 972. The number of nitrogens with one attached hydrogen (secondary N) is 1. The van der Waals surface area contributed by atoms with Crippen LogP contribution in [-0.4, -0.2) is 36.1 Å². The molecule has 3 aromatic rings. The fourth-order valence-electron chi connectivity index (χ4n) is 3.54. The van der Waals surface area contributed by atoms with Gasteiger partial charge < -0.3 is 15.0 Å². The number of nitrogens with zero attached hydrogens (tertiary/aromatic N) is 3. The molecule has 2 aromatic heterocycles. The van der Waals surface area contributed by atoms with Gasteiger partial charge in [0.05, 0.1) is 18.5 Å². The summed E-state index contributed by atoms with van der Waals surface area (Å²) in [6.45, 7) is 3.60. The molecule has 0 bridgehead atoms. The van der Waals surface area contributed by atoms with E-state index < -0.39 is 0 Å². The first-order valence-electron chi connectivity index (χ1n) is 9.05. The second kappa shape index (κ2) is 7.52. The smallest absolute Gasteiger partial charge is 0.231 e. The van der Waals surface area contributed by atoms with Crippen molar-refractivity contribution in [3.8, 4) is 5.75 Å². The number of pyridine rings is 1. The minimum absolute atomic E-state index is 0.0463. The zero-order chi connectivity index (χ0) is 18.8. The minimum Gasteiger partial charge on any atom is -0.497 e. The van der Waals surface area contributed by atoms with Gasteiger partial charge >= 0.3 is 0 Å². The summed E-state index contributed by atoms with van der Waals surface area (Å²) >= 11 is 1.50. The van der Waals surface area contributed by atoms with Gasteiger partial charge in [0.2, 0.25) is 5.91 Å². The molecule has 1 aromatic carbocycles. The van der Waals surface area contributed by atoms with E-state index in [2.05, 4.69) is 20.2 Å². The summed E-state index contributed by atoms with van der Waals surface area (Å²) in [6.07, 6.45) is 5.47. The maximum Gasteiger partial charge on any atom is 0.231 e. The van der Waals surface area contributed by atoms with Crippen molar-refractivity contribution in [1.29, 1.82) is 0 Å². The van der Waals surface area contributed by atoms with Gasteiger partial charge in [-0.1, -0.05) is 0 Å². The molecule has 1 N–H and O–H groups in total. The number of hydrogen-bond donors (Lipinski definition) is 1. The number of rotatable bonds is 4. The highest BCUT2D eigenvalue weighted by Crippen LogP contribution is 2.32. The van der Waals surface area contributed by atoms with Crippen LogP contribution in [0.15, 0.2) is 36.7 Å². The Balaban J connectivity index is 1.56. The molecule has 0 spiro atoms. The summed E-state index contributed by atoms with van der Waals surface area (Å²) < 4.78 is 5.38. The zero-order valence-electron chi connectivity index (χ0n) is 15.4. The number of fused-ring (bicyclic) bond motifs is 1. The first-order chi connectivity index (χ1) is 13.1. The van der Waals surface area contributed by atoms with E-state index >= 15 is 0 Å². The van der Waals surface area contributed by atoms with Crippen LogP contribution in [0.1, 0.15) is 17.7 Å². The van der Waals surface area contributed by atoms with Crippen LogP contribution >= 0.6 is 11.3 Å². The average Bonchev–Trinajstić information content (AvgIpc) is 3.11. The standard InChI is InChI=1S/C20H22N4O2S/c1-13-11-22-20(27-13)23-19(25)14-4-3-9-24(12-14)18-7-8-21-17-6-5-15(26-2)10-16(17)18/h5-8,10-11,14H,3-4,9,12H2,1-2H3,(H,22,23,25). The normalized spacial score (nSPS) is 17.1. The number of aromatic nitrogens is 2. The molecule has 4 rings (SSSR count). The van der Waals surface area contributed by atoms with E-state index in [-0.39, 0.29) is 11.8 Å². The minimum atomic E-state index is -0.0585. The summed E-state index contributed by atoms with van der Waals surface area (Å²) in [5.41, 5.74) is 2.03. The van der Waals surface area contributed by atoms with Gasteiger partial charge in [0.25, 0.3) is 0 Å². The summed E-state index contributed by atoms with van der Waals surface area (Å²) in [6, 6.07) is 7.92. The SMILES string of the molecule is COc1ccc2nccc(N3CCCC(C(=O)Nc4ncc(C)s4)C3)c2c1. The maximum absolute atomic E-state index is 12.7. The molecule has 0 saturated carbocycles. The summed E-state index contributed by atoms with van der Waals surface area (Å²) in [7, 11) is 1.67. The van der Waals surface area contributed by atoms with E-state index in [4.69, 9.17) is 4.74 Å². The molecule has 1 saturated heterocycles. The molecule has 0 radical (unpaired) electrons. The van der Waals surface area contributed by atoms with E-state index in [0.717, 1.165) is 46.6 Å². The molecule has 3 heterocycles. The molecule has 6 nitrogen and oxygen atoms in total. The molecule has 0 aliphatic carbocycles. The Kier molecular flexibility index (Phi) is 4.94. The first kappa shape index (κ1) is 17.7. The molecule has 1 amide bonds. The number of carbonyl (C=O) groups excluding carboxylic acids is 1. The quantitative estimate of drug-likeness (QED) is 0.742. The Hall–Kier alpha value is -2.67. The lowest BCUT2D eigenvalue weighted by Gasteiger charge is -2.34. The van der Waals surface area contributed by atoms with Gasteiger partial charge in [0.15, 0.2) is 5.13 Å². The Morgan fingerprint density at radius 1 is 1.33 bits per heavy atom. The number of ether oxygens (including phenoxy) is 1. The molecular weight excluding hydrogens is 360 g/mol. The highest BCUT2D eigenvalue weighted by atomic mass is 32.1. The number of thiazole rings is 1. The molecule has 1 unspecified atom stereocenters. The maximum atomic E-state index is 12.7. The number of amides is 1. The first-order valence-corrected chi connectivity index (χ1v) is 9.86. The van der Waals surface area contributed by atoms with Crippen LogP contribution in [-0.2, 0) is 4.79 Å². The predicted molar refractivity (Wildman–Crippen MR) is 109 cm³/mol. The van der Waals surface area contributed by atoms with Gasteiger partial charge in [0.1, 0.15) is 5.75 Å². The third kappa shape index (κ3) is 3.73. The molecule has 1 aliphatic rings. The third-order valence-electron chi connectivity index (χ3n) is 4.91. The molecule has 140 valence electrons. The van der Waals surface area contributed by atoms with Crippen molar-refractivity contribution in [1.82, 2.24) is 9.97 Å². The molecule has 7 heteroatoms. The summed E-state index contributed by atoms with van der Waals surface area (Å²) in [5.74, 6) is 0.795. The zero-order valence-corrected chi connectivity index (χ0v) is 16.3. The van der Waals surface area contributed by atoms with Crippen molar-refractivity contribution in [3.63, 3.8) is 0 Å². The lowest BCUT2D eigenvalue weighted by molar-refractivity contribution is -0.120. The number of hydrogen-bond acceptors (Lipinski definition) is 6. The highest BCUT2D eigenvalue weighted by Gasteiger charge is 2.27. The van der Waals surface area contributed by atoms with E-state index in [1.807, 2.05) is 37.4 Å². The third-order valence-corrected chi connectivity index (χ3v) is 5.74. The fourth-order valence-corrected chi connectivity index (χ4v) is 4.21. The Labute approximate surface area is 162 Å². The topological polar surface area (TPSA) is 67.3 Å². The van der Waals surface area contributed by atoms with Crippen LogP contribution in [0, 0.1) is 12.8 Å². The van der Waals surface area contributed by atoms with Gasteiger partial charge in [-0.3, -0.25) is 9.78 Å². The molecule has 1 aliphatic heterocycles. The van der Waals surface area contributed by atoms with Crippen LogP contribution in [0.2, 0.25) is 0 Å². The van der Waals surface area contributed by atoms with Crippen molar-refractivity contribution in [2.75, 3.05) is 30.4 Å². The number of methoxy groups -OCH3 is 1. The molecule has 27 heavy (non-hydrogen) atoms. The van der Waals surface area contributed by atoms with Gasteiger partial charge in [-0.2, -0.15) is 0 Å². The summed E-state index contributed by atoms with van der Waals surface area (Å²) in [4.78, 5) is 24.8. The monoisotopic (exact) mass is 382 g/mol.